The summed E-state index contributed by atoms with van der Waals surface area (Å²) in [6, 6.07) is 7.36. The molecule has 3 rings (SSSR count). The minimum Gasteiger partial charge on any atom is -0.465 e. The number of ether oxygens (including phenoxy) is 1. The molecule has 0 fully saturated rings. The van der Waals surface area contributed by atoms with Gasteiger partial charge in [-0.05, 0) is 51.2 Å². The van der Waals surface area contributed by atoms with Crippen LogP contribution in [0.5, 0.6) is 0 Å². The van der Waals surface area contributed by atoms with Gasteiger partial charge in [0, 0.05) is 6.54 Å². The van der Waals surface area contributed by atoms with Crippen LogP contribution in [0, 0.1) is 0 Å². The number of benzene rings is 1. The lowest BCUT2D eigenvalue weighted by Crippen LogP contribution is -2.24. The highest BCUT2D eigenvalue weighted by Gasteiger charge is 2.14. The molecule has 0 bridgehead atoms. The molecule has 5 nitrogen and oxygen atoms in total. The molecule has 1 aromatic heterocycles. The molecule has 138 valence electrons. The Labute approximate surface area is 157 Å². The van der Waals surface area contributed by atoms with Gasteiger partial charge in [0.15, 0.2) is 5.16 Å². The number of allylic oxidation sites excluding steroid dienone is 2. The summed E-state index contributed by atoms with van der Waals surface area (Å²) in [5, 5.41) is 1.20. The van der Waals surface area contributed by atoms with Gasteiger partial charge in [-0.25, -0.2) is 4.98 Å². The summed E-state index contributed by atoms with van der Waals surface area (Å²) in [5.74, 6) is -0.136. The summed E-state index contributed by atoms with van der Waals surface area (Å²) >= 11 is 1.27. The Morgan fingerprint density at radius 3 is 2.92 bits per heavy atom. The molecule has 1 aliphatic rings. The van der Waals surface area contributed by atoms with Gasteiger partial charge in [0.05, 0.1) is 23.3 Å². The number of hydrogen-bond acceptors (Lipinski definition) is 5. The highest BCUT2D eigenvalue weighted by Crippen LogP contribution is 2.23. The van der Waals surface area contributed by atoms with Gasteiger partial charge in [-0.2, -0.15) is 0 Å². The van der Waals surface area contributed by atoms with Crippen LogP contribution in [0.15, 0.2) is 45.9 Å². The van der Waals surface area contributed by atoms with Crippen molar-refractivity contribution in [3.05, 3.63) is 46.3 Å². The zero-order valence-electron chi connectivity index (χ0n) is 15.1. The monoisotopic (exact) mass is 372 g/mol. The fourth-order valence-electron chi connectivity index (χ4n) is 3.17. The van der Waals surface area contributed by atoms with Gasteiger partial charge in [0.2, 0.25) is 0 Å². The Morgan fingerprint density at radius 1 is 1.31 bits per heavy atom. The number of esters is 1. The lowest BCUT2D eigenvalue weighted by molar-refractivity contribution is -0.139. The lowest BCUT2D eigenvalue weighted by Gasteiger charge is -2.16. The van der Waals surface area contributed by atoms with Gasteiger partial charge < -0.3 is 4.74 Å². The molecule has 6 heteroatoms. The predicted octanol–water partition coefficient (Wildman–Crippen LogP) is 3.94. The van der Waals surface area contributed by atoms with E-state index < -0.39 is 0 Å². The molecular formula is C20H24N2O3S. The van der Waals surface area contributed by atoms with E-state index >= 15 is 0 Å². The van der Waals surface area contributed by atoms with Crippen LogP contribution in [-0.4, -0.2) is 27.9 Å². The fourth-order valence-corrected chi connectivity index (χ4v) is 3.99. The number of carbonyl (C=O) groups is 1. The smallest absolute Gasteiger partial charge is 0.316 e. The van der Waals surface area contributed by atoms with Gasteiger partial charge in [-0.15, -0.1) is 0 Å². The highest BCUT2D eigenvalue weighted by molar-refractivity contribution is 7.99. The molecule has 0 aliphatic heterocycles. The van der Waals surface area contributed by atoms with Crippen molar-refractivity contribution in [2.45, 2.75) is 50.7 Å². The quantitative estimate of drug-likeness (QED) is 0.319. The second-order valence-corrected chi connectivity index (χ2v) is 7.26. The Bertz CT molecular complexity index is 873. The second kappa shape index (κ2) is 9.03. The van der Waals surface area contributed by atoms with Crippen LogP contribution in [0.4, 0.5) is 0 Å². The molecule has 0 saturated heterocycles. The van der Waals surface area contributed by atoms with E-state index in [9.17, 15) is 9.59 Å². The van der Waals surface area contributed by atoms with Gasteiger partial charge in [-0.3, -0.25) is 14.2 Å². The lowest BCUT2D eigenvalue weighted by atomic mass is 9.97. The maximum atomic E-state index is 13.0. The van der Waals surface area contributed by atoms with Gasteiger partial charge in [0.1, 0.15) is 0 Å². The number of hydrogen-bond donors (Lipinski definition) is 0. The third-order valence-corrected chi connectivity index (χ3v) is 5.44. The van der Waals surface area contributed by atoms with Crippen molar-refractivity contribution in [2.75, 3.05) is 12.4 Å². The first-order chi connectivity index (χ1) is 12.7. The maximum Gasteiger partial charge on any atom is 0.316 e. The summed E-state index contributed by atoms with van der Waals surface area (Å²) < 4.78 is 6.70. The normalized spacial score (nSPS) is 14.3. The van der Waals surface area contributed by atoms with E-state index in [1.807, 2.05) is 18.2 Å². The van der Waals surface area contributed by atoms with Crippen molar-refractivity contribution in [1.29, 1.82) is 0 Å². The maximum absolute atomic E-state index is 13.0. The molecule has 0 atom stereocenters. The SMILES string of the molecule is CCOC(=O)CSc1nc2ccccc2c(=O)n1CCC1=CCCCC1. The molecule has 1 heterocycles. The molecule has 2 aromatic rings. The van der Waals surface area contributed by atoms with E-state index in [2.05, 4.69) is 11.1 Å². The van der Waals surface area contributed by atoms with E-state index in [4.69, 9.17) is 4.74 Å². The van der Waals surface area contributed by atoms with Crippen molar-refractivity contribution in [3.8, 4) is 0 Å². The largest absolute Gasteiger partial charge is 0.465 e. The summed E-state index contributed by atoms with van der Waals surface area (Å²) in [5.41, 5.74) is 2.04. The Hall–Kier alpha value is -2.08. The third kappa shape index (κ3) is 4.55. The zero-order valence-corrected chi connectivity index (χ0v) is 15.9. The van der Waals surface area contributed by atoms with Gasteiger partial charge in [0.25, 0.3) is 5.56 Å². The van der Waals surface area contributed by atoms with Crippen LogP contribution in [0.1, 0.15) is 39.0 Å². The van der Waals surface area contributed by atoms with Crippen molar-refractivity contribution < 1.29 is 9.53 Å². The van der Waals surface area contributed by atoms with E-state index in [0.29, 0.717) is 29.2 Å². The minimum absolute atomic E-state index is 0.0432. The van der Waals surface area contributed by atoms with E-state index in [0.717, 1.165) is 19.3 Å². The molecular weight excluding hydrogens is 348 g/mol. The molecule has 26 heavy (non-hydrogen) atoms. The number of carbonyl (C=O) groups excluding carboxylic acids is 1. The molecule has 1 aliphatic carbocycles. The molecule has 0 amide bonds. The number of para-hydroxylation sites is 1. The van der Waals surface area contributed by atoms with Crippen LogP contribution in [0.3, 0.4) is 0 Å². The van der Waals surface area contributed by atoms with Crippen molar-refractivity contribution >= 4 is 28.6 Å². The number of aromatic nitrogens is 2. The molecule has 0 spiro atoms. The molecule has 0 unspecified atom stereocenters. The first-order valence-corrected chi connectivity index (χ1v) is 10.1. The van der Waals surface area contributed by atoms with Crippen LogP contribution in [-0.2, 0) is 16.1 Å². The Balaban J connectivity index is 1.88. The van der Waals surface area contributed by atoms with Crippen molar-refractivity contribution in [2.24, 2.45) is 0 Å². The Kier molecular flexibility index (Phi) is 6.50. The van der Waals surface area contributed by atoms with Crippen LogP contribution in [0.2, 0.25) is 0 Å². The molecule has 0 saturated carbocycles. The average molecular weight is 372 g/mol. The van der Waals surface area contributed by atoms with Crippen molar-refractivity contribution in [3.63, 3.8) is 0 Å². The molecule has 0 N–H and O–H groups in total. The fraction of sp³-hybridized carbons (Fsp3) is 0.450. The first-order valence-electron chi connectivity index (χ1n) is 9.15. The van der Waals surface area contributed by atoms with Crippen molar-refractivity contribution in [1.82, 2.24) is 9.55 Å². The van der Waals surface area contributed by atoms with Crippen LogP contribution in [0.25, 0.3) is 10.9 Å². The number of rotatable bonds is 7. The summed E-state index contributed by atoms with van der Waals surface area (Å²) in [4.78, 5) is 29.3. The number of thioether (sulfide) groups is 1. The summed E-state index contributed by atoms with van der Waals surface area (Å²) in [7, 11) is 0. The summed E-state index contributed by atoms with van der Waals surface area (Å²) in [6.07, 6.45) is 7.87. The second-order valence-electron chi connectivity index (χ2n) is 6.32. The zero-order chi connectivity index (χ0) is 18.4. The van der Waals surface area contributed by atoms with Gasteiger partial charge in [-0.1, -0.05) is 35.5 Å². The minimum atomic E-state index is -0.290. The number of fused-ring (bicyclic) bond motifs is 1. The Morgan fingerprint density at radius 2 is 2.15 bits per heavy atom. The summed E-state index contributed by atoms with van der Waals surface area (Å²) in [6.45, 7) is 2.73. The topological polar surface area (TPSA) is 61.2 Å². The van der Waals surface area contributed by atoms with E-state index in [1.54, 1.807) is 17.6 Å². The predicted molar refractivity (Wildman–Crippen MR) is 105 cm³/mol. The van der Waals surface area contributed by atoms with E-state index in [-0.39, 0.29) is 17.3 Å². The van der Waals surface area contributed by atoms with Crippen LogP contribution < -0.4 is 5.56 Å². The molecule has 1 aromatic carbocycles. The molecule has 0 radical (unpaired) electrons. The van der Waals surface area contributed by atoms with Crippen LogP contribution >= 0.6 is 11.8 Å². The standard InChI is InChI=1S/C20H24N2O3S/c1-2-25-18(23)14-26-20-21-17-11-7-6-10-16(17)19(24)22(20)13-12-15-8-4-3-5-9-15/h6-8,10-11H,2-5,9,12-14H2,1H3. The van der Waals surface area contributed by atoms with Gasteiger partial charge >= 0.3 is 5.97 Å². The first kappa shape index (κ1) is 18.7. The third-order valence-electron chi connectivity index (χ3n) is 4.49. The van der Waals surface area contributed by atoms with E-state index in [1.165, 1.54) is 30.2 Å². The average Bonchev–Trinajstić information content (AvgIpc) is 2.67. The highest BCUT2D eigenvalue weighted by atomic mass is 32.2. The number of nitrogens with zero attached hydrogens (tertiary/aromatic N) is 2.